The average Bonchev–Trinajstić information content (AvgIpc) is 3.05. The molecule has 1 aromatic heterocycles. The fourth-order valence-corrected chi connectivity index (χ4v) is 1.99. The van der Waals surface area contributed by atoms with Gasteiger partial charge in [0, 0.05) is 17.4 Å². The van der Waals surface area contributed by atoms with E-state index >= 15 is 0 Å². The molecule has 2 aromatic carbocycles. The van der Waals surface area contributed by atoms with Crippen molar-refractivity contribution in [2.24, 2.45) is 0 Å². The topological polar surface area (TPSA) is 57.8 Å². The Kier molecular flexibility index (Phi) is 3.65. The highest BCUT2D eigenvalue weighted by molar-refractivity contribution is 6.04. The fourth-order valence-electron chi connectivity index (χ4n) is 1.99. The number of H-pyrrole nitrogens is 1. The number of halogens is 2. The van der Waals surface area contributed by atoms with E-state index in [4.69, 9.17) is 0 Å². The van der Waals surface area contributed by atoms with Gasteiger partial charge in [0.05, 0.1) is 5.69 Å². The normalized spacial score (nSPS) is 10.5. The van der Waals surface area contributed by atoms with Gasteiger partial charge in [0.15, 0.2) is 11.6 Å². The van der Waals surface area contributed by atoms with Crippen molar-refractivity contribution in [2.45, 2.75) is 0 Å². The Morgan fingerprint density at radius 1 is 1.00 bits per heavy atom. The minimum atomic E-state index is -1.05. The predicted molar refractivity (Wildman–Crippen MR) is 78.3 cm³/mol. The Morgan fingerprint density at radius 2 is 1.77 bits per heavy atom. The van der Waals surface area contributed by atoms with Gasteiger partial charge < -0.3 is 5.32 Å². The Labute approximate surface area is 124 Å². The summed E-state index contributed by atoms with van der Waals surface area (Å²) in [5.74, 6) is -2.55. The number of hydrogen-bond acceptors (Lipinski definition) is 2. The summed E-state index contributed by atoms with van der Waals surface area (Å²) in [6, 6.07) is 11.9. The number of benzene rings is 2. The van der Waals surface area contributed by atoms with E-state index in [1.165, 1.54) is 6.07 Å². The molecule has 0 saturated heterocycles. The number of rotatable bonds is 3. The van der Waals surface area contributed by atoms with E-state index in [9.17, 15) is 13.6 Å². The van der Waals surface area contributed by atoms with Crippen molar-refractivity contribution in [3.05, 3.63) is 71.9 Å². The van der Waals surface area contributed by atoms with Gasteiger partial charge in [-0.2, -0.15) is 5.10 Å². The molecule has 4 nitrogen and oxygen atoms in total. The van der Waals surface area contributed by atoms with Crippen molar-refractivity contribution in [3.63, 3.8) is 0 Å². The Bertz CT molecular complexity index is 799. The highest BCUT2D eigenvalue weighted by atomic mass is 19.2. The van der Waals surface area contributed by atoms with Crippen molar-refractivity contribution in [3.8, 4) is 11.3 Å². The van der Waals surface area contributed by atoms with Gasteiger partial charge in [0.1, 0.15) is 0 Å². The quantitative estimate of drug-likeness (QED) is 0.776. The largest absolute Gasteiger partial charge is 0.322 e. The number of hydrogen-bond donors (Lipinski definition) is 2. The van der Waals surface area contributed by atoms with E-state index in [1.807, 2.05) is 18.2 Å². The van der Waals surface area contributed by atoms with Gasteiger partial charge in [0.2, 0.25) is 0 Å². The van der Waals surface area contributed by atoms with Gasteiger partial charge >= 0.3 is 0 Å². The zero-order chi connectivity index (χ0) is 15.5. The lowest BCUT2D eigenvalue weighted by atomic mass is 10.1. The van der Waals surface area contributed by atoms with Crippen LogP contribution in [-0.2, 0) is 0 Å². The van der Waals surface area contributed by atoms with E-state index in [1.54, 1.807) is 18.3 Å². The summed E-state index contributed by atoms with van der Waals surface area (Å²) in [6.45, 7) is 0. The third kappa shape index (κ3) is 2.85. The maximum absolute atomic E-state index is 13.1. The predicted octanol–water partition coefficient (Wildman–Crippen LogP) is 3.61. The minimum Gasteiger partial charge on any atom is -0.322 e. The first-order chi connectivity index (χ1) is 10.6. The molecule has 1 amide bonds. The highest BCUT2D eigenvalue weighted by Crippen LogP contribution is 2.19. The molecule has 0 aliphatic heterocycles. The first-order valence-electron chi connectivity index (χ1n) is 6.50. The van der Waals surface area contributed by atoms with Crippen molar-refractivity contribution < 1.29 is 13.6 Å². The van der Waals surface area contributed by atoms with Crippen LogP contribution in [0.5, 0.6) is 0 Å². The lowest BCUT2D eigenvalue weighted by molar-refractivity contribution is 0.102. The van der Waals surface area contributed by atoms with Crippen molar-refractivity contribution in [1.82, 2.24) is 10.2 Å². The third-order valence-electron chi connectivity index (χ3n) is 3.14. The number of anilines is 1. The molecule has 2 N–H and O–H groups in total. The van der Waals surface area contributed by atoms with E-state index in [0.717, 1.165) is 23.4 Å². The lowest BCUT2D eigenvalue weighted by Gasteiger charge is -2.06. The molecule has 0 saturated carbocycles. The first-order valence-corrected chi connectivity index (χ1v) is 6.50. The summed E-state index contributed by atoms with van der Waals surface area (Å²) in [5.41, 5.74) is 2.39. The lowest BCUT2D eigenvalue weighted by Crippen LogP contribution is -2.12. The van der Waals surface area contributed by atoms with E-state index < -0.39 is 17.5 Å². The zero-order valence-electron chi connectivity index (χ0n) is 11.3. The van der Waals surface area contributed by atoms with Gasteiger partial charge in [-0.05, 0) is 42.0 Å². The summed E-state index contributed by atoms with van der Waals surface area (Å²) < 4.78 is 26.0. The van der Waals surface area contributed by atoms with E-state index in [0.29, 0.717) is 5.69 Å². The van der Waals surface area contributed by atoms with Crippen LogP contribution in [0.3, 0.4) is 0 Å². The second-order valence-corrected chi connectivity index (χ2v) is 4.63. The van der Waals surface area contributed by atoms with E-state index in [-0.39, 0.29) is 5.56 Å². The van der Waals surface area contributed by atoms with Gasteiger partial charge in [-0.3, -0.25) is 9.89 Å². The van der Waals surface area contributed by atoms with Crippen LogP contribution >= 0.6 is 0 Å². The van der Waals surface area contributed by atoms with Crippen LogP contribution in [0.4, 0.5) is 14.5 Å². The molecule has 1 heterocycles. The Hall–Kier alpha value is -3.02. The molecule has 0 aliphatic rings. The number of carbonyl (C=O) groups is 1. The highest BCUT2D eigenvalue weighted by Gasteiger charge is 2.10. The van der Waals surface area contributed by atoms with Gasteiger partial charge in [-0.15, -0.1) is 0 Å². The number of amides is 1. The number of nitrogens with one attached hydrogen (secondary N) is 2. The van der Waals surface area contributed by atoms with E-state index in [2.05, 4.69) is 15.5 Å². The third-order valence-corrected chi connectivity index (χ3v) is 3.14. The minimum absolute atomic E-state index is 0.0524. The molecule has 0 aliphatic carbocycles. The van der Waals surface area contributed by atoms with Crippen LogP contribution in [-0.4, -0.2) is 16.1 Å². The molecule has 110 valence electrons. The second kappa shape index (κ2) is 5.77. The molecule has 22 heavy (non-hydrogen) atoms. The maximum atomic E-state index is 13.1. The van der Waals surface area contributed by atoms with Gasteiger partial charge in [0.25, 0.3) is 5.91 Å². The molecule has 3 rings (SSSR count). The molecular weight excluding hydrogens is 288 g/mol. The average molecular weight is 299 g/mol. The smallest absolute Gasteiger partial charge is 0.255 e. The van der Waals surface area contributed by atoms with Crippen LogP contribution in [0, 0.1) is 11.6 Å². The van der Waals surface area contributed by atoms with Crippen molar-refractivity contribution in [2.75, 3.05) is 5.32 Å². The fraction of sp³-hybridized carbons (Fsp3) is 0. The maximum Gasteiger partial charge on any atom is 0.255 e. The molecule has 0 radical (unpaired) electrons. The van der Waals surface area contributed by atoms with Crippen LogP contribution < -0.4 is 5.32 Å². The number of aromatic amines is 1. The molecule has 0 atom stereocenters. The Morgan fingerprint density at radius 3 is 2.41 bits per heavy atom. The molecule has 3 aromatic rings. The van der Waals surface area contributed by atoms with Crippen LogP contribution in [0.25, 0.3) is 11.3 Å². The summed E-state index contributed by atoms with van der Waals surface area (Å²) in [6.07, 6.45) is 1.65. The van der Waals surface area contributed by atoms with Crippen LogP contribution in [0.15, 0.2) is 54.7 Å². The molecular formula is C16H11F2N3O. The monoisotopic (exact) mass is 299 g/mol. The number of aromatic nitrogens is 2. The molecule has 0 bridgehead atoms. The number of carbonyl (C=O) groups excluding carboxylic acids is 1. The summed E-state index contributed by atoms with van der Waals surface area (Å²) in [4.78, 5) is 12.0. The van der Waals surface area contributed by atoms with Crippen LogP contribution in [0.1, 0.15) is 10.4 Å². The molecule has 6 heteroatoms. The molecule has 0 spiro atoms. The second-order valence-electron chi connectivity index (χ2n) is 4.63. The Balaban J connectivity index is 1.75. The van der Waals surface area contributed by atoms with Crippen molar-refractivity contribution in [1.29, 1.82) is 0 Å². The van der Waals surface area contributed by atoms with Crippen molar-refractivity contribution >= 4 is 11.6 Å². The number of nitrogens with zero attached hydrogens (tertiary/aromatic N) is 1. The van der Waals surface area contributed by atoms with Gasteiger partial charge in [-0.1, -0.05) is 12.1 Å². The first kappa shape index (κ1) is 13.9. The standard InChI is InChI=1S/C16H11F2N3O/c17-13-6-3-11(9-14(13)18)16(22)20-12-4-1-10(2-5-12)15-7-8-19-21-15/h1-9H,(H,19,21)(H,20,22). The molecule has 0 fully saturated rings. The van der Waals surface area contributed by atoms with Crippen LogP contribution in [0.2, 0.25) is 0 Å². The zero-order valence-corrected chi connectivity index (χ0v) is 11.3. The van der Waals surface area contributed by atoms with Gasteiger partial charge in [-0.25, -0.2) is 8.78 Å². The SMILES string of the molecule is O=C(Nc1ccc(-c2ccn[nH]2)cc1)c1ccc(F)c(F)c1. The summed E-state index contributed by atoms with van der Waals surface area (Å²) in [7, 11) is 0. The summed E-state index contributed by atoms with van der Waals surface area (Å²) in [5, 5.41) is 9.32. The molecule has 0 unspecified atom stereocenters. The summed E-state index contributed by atoms with van der Waals surface area (Å²) >= 11 is 0.